The van der Waals surface area contributed by atoms with Gasteiger partial charge in [-0.1, -0.05) is 0 Å². The van der Waals surface area contributed by atoms with Crippen LogP contribution in [0.4, 0.5) is 5.69 Å². The summed E-state index contributed by atoms with van der Waals surface area (Å²) in [7, 11) is 1.29. The predicted molar refractivity (Wildman–Crippen MR) is 52.0 cm³/mol. The number of nitrogens with one attached hydrogen (secondary N) is 3. The molecule has 6 nitrogen and oxygen atoms in total. The lowest BCUT2D eigenvalue weighted by Crippen LogP contribution is -2.45. The maximum atomic E-state index is 11.4. The zero-order valence-corrected chi connectivity index (χ0v) is 7.96. The fourth-order valence-corrected chi connectivity index (χ4v) is 1.31. The first-order chi connectivity index (χ1) is 7.22. The SMILES string of the molecule is COC(=O)c1ccc2c(c1)C(=O)NNN2. The van der Waals surface area contributed by atoms with Crippen molar-refractivity contribution in [1.82, 2.24) is 11.0 Å². The van der Waals surface area contributed by atoms with Crippen LogP contribution in [-0.4, -0.2) is 19.0 Å². The summed E-state index contributed by atoms with van der Waals surface area (Å²) in [5.74, 6) is -0.765. The van der Waals surface area contributed by atoms with Crippen molar-refractivity contribution in [2.45, 2.75) is 0 Å². The first-order valence-corrected chi connectivity index (χ1v) is 4.26. The number of methoxy groups -OCH3 is 1. The Balaban J connectivity index is 2.44. The van der Waals surface area contributed by atoms with E-state index in [4.69, 9.17) is 0 Å². The van der Waals surface area contributed by atoms with Crippen molar-refractivity contribution in [3.63, 3.8) is 0 Å². The third-order valence-electron chi connectivity index (χ3n) is 2.06. The molecule has 1 heterocycles. The van der Waals surface area contributed by atoms with Gasteiger partial charge in [0, 0.05) is 0 Å². The van der Waals surface area contributed by atoms with E-state index in [1.807, 2.05) is 0 Å². The minimum Gasteiger partial charge on any atom is -0.465 e. The van der Waals surface area contributed by atoms with Gasteiger partial charge in [0.15, 0.2) is 0 Å². The lowest BCUT2D eigenvalue weighted by Gasteiger charge is -2.19. The highest BCUT2D eigenvalue weighted by Gasteiger charge is 2.18. The van der Waals surface area contributed by atoms with E-state index >= 15 is 0 Å². The molecular formula is C9H9N3O3. The minimum absolute atomic E-state index is 0.297. The molecule has 0 atom stereocenters. The Bertz CT molecular complexity index is 431. The summed E-state index contributed by atoms with van der Waals surface area (Å²) in [6.07, 6.45) is 0. The maximum absolute atomic E-state index is 11.4. The lowest BCUT2D eigenvalue weighted by molar-refractivity contribution is 0.0601. The van der Waals surface area contributed by atoms with Crippen molar-refractivity contribution in [2.75, 3.05) is 12.5 Å². The molecule has 0 aromatic heterocycles. The number of carbonyl (C=O) groups is 2. The minimum atomic E-state index is -0.468. The molecule has 0 spiro atoms. The molecule has 2 rings (SSSR count). The van der Waals surface area contributed by atoms with Crippen LogP contribution in [0.25, 0.3) is 0 Å². The third-order valence-corrected chi connectivity index (χ3v) is 2.06. The maximum Gasteiger partial charge on any atom is 0.337 e. The van der Waals surface area contributed by atoms with Crippen molar-refractivity contribution >= 4 is 17.6 Å². The van der Waals surface area contributed by atoms with E-state index in [0.717, 1.165) is 0 Å². The van der Waals surface area contributed by atoms with E-state index in [0.29, 0.717) is 16.8 Å². The fraction of sp³-hybridized carbons (Fsp3) is 0.111. The summed E-state index contributed by atoms with van der Waals surface area (Å²) in [6.45, 7) is 0. The molecule has 1 aliphatic heterocycles. The highest BCUT2D eigenvalue weighted by atomic mass is 16.5. The number of amides is 1. The summed E-state index contributed by atoms with van der Waals surface area (Å²) >= 11 is 0. The molecule has 78 valence electrons. The molecule has 0 fully saturated rings. The summed E-state index contributed by atoms with van der Waals surface area (Å²) in [5.41, 5.74) is 8.96. The summed E-state index contributed by atoms with van der Waals surface area (Å²) in [6, 6.07) is 4.69. The molecule has 0 saturated heterocycles. The molecule has 1 aliphatic rings. The van der Waals surface area contributed by atoms with E-state index in [1.54, 1.807) is 12.1 Å². The van der Waals surface area contributed by atoms with Gasteiger partial charge in [0.1, 0.15) is 0 Å². The van der Waals surface area contributed by atoms with E-state index in [9.17, 15) is 9.59 Å². The Morgan fingerprint density at radius 2 is 2.13 bits per heavy atom. The van der Waals surface area contributed by atoms with Gasteiger partial charge in [-0.2, -0.15) is 0 Å². The second-order valence-electron chi connectivity index (χ2n) is 2.96. The number of esters is 1. The number of carbonyl (C=O) groups excluding carboxylic acids is 2. The standard InChI is InChI=1S/C9H9N3O3/c1-15-9(14)5-2-3-7-6(4-5)8(13)11-12-10-7/h2-4,10,12H,1H3,(H,11,13). The first-order valence-electron chi connectivity index (χ1n) is 4.26. The average molecular weight is 207 g/mol. The van der Waals surface area contributed by atoms with Crippen molar-refractivity contribution in [2.24, 2.45) is 0 Å². The van der Waals surface area contributed by atoms with Gasteiger partial charge in [-0.3, -0.25) is 10.2 Å². The first kappa shape index (κ1) is 9.47. The van der Waals surface area contributed by atoms with Gasteiger partial charge in [-0.05, 0) is 18.2 Å². The van der Waals surface area contributed by atoms with Crippen LogP contribution in [0.5, 0.6) is 0 Å². The summed E-state index contributed by atoms with van der Waals surface area (Å²) < 4.78 is 4.56. The number of fused-ring (bicyclic) bond motifs is 1. The van der Waals surface area contributed by atoms with Gasteiger partial charge < -0.3 is 10.2 Å². The molecule has 0 bridgehead atoms. The monoisotopic (exact) mass is 207 g/mol. The third kappa shape index (κ3) is 1.62. The van der Waals surface area contributed by atoms with Crippen LogP contribution >= 0.6 is 0 Å². The molecule has 6 heteroatoms. The van der Waals surface area contributed by atoms with Gasteiger partial charge in [-0.15, -0.1) is 5.53 Å². The Kier molecular flexibility index (Phi) is 2.26. The second-order valence-corrected chi connectivity index (χ2v) is 2.96. The highest BCUT2D eigenvalue weighted by molar-refractivity contribution is 6.03. The van der Waals surface area contributed by atoms with Crippen LogP contribution < -0.4 is 16.4 Å². The van der Waals surface area contributed by atoms with Crippen molar-refractivity contribution in [3.05, 3.63) is 29.3 Å². The number of hydrogen-bond donors (Lipinski definition) is 3. The molecule has 1 aromatic rings. The van der Waals surface area contributed by atoms with Crippen LogP contribution in [0.3, 0.4) is 0 Å². The molecule has 0 unspecified atom stereocenters. The molecule has 0 saturated carbocycles. The number of rotatable bonds is 1. The zero-order valence-electron chi connectivity index (χ0n) is 7.96. The Hall–Kier alpha value is -2.08. The molecule has 1 aromatic carbocycles. The molecular weight excluding hydrogens is 198 g/mol. The van der Waals surface area contributed by atoms with Gasteiger partial charge >= 0.3 is 5.97 Å². The highest BCUT2D eigenvalue weighted by Crippen LogP contribution is 2.18. The van der Waals surface area contributed by atoms with Crippen LogP contribution in [-0.2, 0) is 4.74 Å². The smallest absolute Gasteiger partial charge is 0.337 e. The predicted octanol–water partition coefficient (Wildman–Crippen LogP) is 0.0481. The van der Waals surface area contributed by atoms with E-state index in [1.165, 1.54) is 13.2 Å². The molecule has 0 radical (unpaired) electrons. The molecule has 3 N–H and O–H groups in total. The molecule has 1 amide bonds. The van der Waals surface area contributed by atoms with Gasteiger partial charge in [0.2, 0.25) is 0 Å². The Labute approximate surface area is 85.5 Å². The lowest BCUT2D eigenvalue weighted by atomic mass is 10.1. The average Bonchev–Trinajstić information content (AvgIpc) is 2.28. The second kappa shape index (κ2) is 3.58. The molecule has 0 aliphatic carbocycles. The molecule has 15 heavy (non-hydrogen) atoms. The fourth-order valence-electron chi connectivity index (χ4n) is 1.31. The number of hydrogen-bond acceptors (Lipinski definition) is 5. The normalized spacial score (nSPS) is 13.5. The summed E-state index contributed by atoms with van der Waals surface area (Å²) in [4.78, 5) is 22.6. The van der Waals surface area contributed by atoms with E-state index in [2.05, 4.69) is 21.1 Å². The van der Waals surface area contributed by atoms with Gasteiger partial charge in [0.05, 0.1) is 23.9 Å². The number of benzene rings is 1. The van der Waals surface area contributed by atoms with Crippen molar-refractivity contribution in [1.29, 1.82) is 0 Å². The largest absolute Gasteiger partial charge is 0.465 e. The van der Waals surface area contributed by atoms with Crippen molar-refractivity contribution in [3.8, 4) is 0 Å². The van der Waals surface area contributed by atoms with E-state index < -0.39 is 5.97 Å². The topological polar surface area (TPSA) is 79.5 Å². The van der Waals surface area contributed by atoms with Crippen LogP contribution in [0, 0.1) is 0 Å². The van der Waals surface area contributed by atoms with Gasteiger partial charge in [0.25, 0.3) is 5.91 Å². The van der Waals surface area contributed by atoms with Crippen LogP contribution in [0.15, 0.2) is 18.2 Å². The van der Waals surface area contributed by atoms with E-state index in [-0.39, 0.29) is 5.91 Å². The zero-order chi connectivity index (χ0) is 10.8. The number of anilines is 1. The number of ether oxygens (including phenoxy) is 1. The number of hydrazine groups is 2. The van der Waals surface area contributed by atoms with Crippen LogP contribution in [0.2, 0.25) is 0 Å². The van der Waals surface area contributed by atoms with Gasteiger partial charge in [-0.25, -0.2) is 4.79 Å². The Morgan fingerprint density at radius 1 is 1.33 bits per heavy atom. The Morgan fingerprint density at radius 3 is 2.87 bits per heavy atom. The van der Waals surface area contributed by atoms with Crippen molar-refractivity contribution < 1.29 is 14.3 Å². The van der Waals surface area contributed by atoms with Crippen LogP contribution in [0.1, 0.15) is 20.7 Å². The summed E-state index contributed by atoms with van der Waals surface area (Å²) in [5, 5.41) is 0. The quantitative estimate of drug-likeness (QED) is 0.567.